The highest BCUT2D eigenvalue weighted by Crippen LogP contribution is 2.24. The topological polar surface area (TPSA) is 62.5 Å². The largest absolute Gasteiger partial charge is 0.432 e. The fraction of sp³-hybridized carbons (Fsp3) is 0.400. The lowest BCUT2D eigenvalue weighted by Crippen LogP contribution is -2.49. The van der Waals surface area contributed by atoms with Crippen molar-refractivity contribution in [1.29, 1.82) is 0 Å². The molecule has 0 spiro atoms. The summed E-state index contributed by atoms with van der Waals surface area (Å²) in [6.07, 6.45) is 6.03. The third kappa shape index (κ3) is 3.34. The normalized spacial score (nSPS) is 22.2. The number of rotatable bonds is 2. The standard InChI is InChI=1S/C15H16N4O2.2ClH/c20-15(19-8-7-18-6-3-12(19)10-18)14-17-9-13(21-14)11-1-4-16-5-2-11;;/h1-2,4-5,9,12H,3,6-8,10H2;2*1H. The second kappa shape index (κ2) is 7.29. The van der Waals surface area contributed by atoms with Gasteiger partial charge in [-0.1, -0.05) is 0 Å². The minimum Gasteiger partial charge on any atom is -0.432 e. The van der Waals surface area contributed by atoms with Crippen molar-refractivity contribution in [3.8, 4) is 11.3 Å². The van der Waals surface area contributed by atoms with E-state index in [0.717, 1.165) is 38.2 Å². The third-order valence-electron chi connectivity index (χ3n) is 4.26. The highest BCUT2D eigenvalue weighted by molar-refractivity contribution is 5.90. The first-order valence-corrected chi connectivity index (χ1v) is 7.21. The van der Waals surface area contributed by atoms with Crippen LogP contribution >= 0.6 is 24.8 Å². The van der Waals surface area contributed by atoms with Gasteiger partial charge in [-0.15, -0.1) is 24.8 Å². The lowest BCUT2D eigenvalue weighted by Gasteiger charge is -2.33. The monoisotopic (exact) mass is 356 g/mol. The molecule has 124 valence electrons. The minimum atomic E-state index is -0.0955. The van der Waals surface area contributed by atoms with Gasteiger partial charge in [0.05, 0.1) is 6.20 Å². The Kier molecular flexibility index (Phi) is 5.62. The van der Waals surface area contributed by atoms with Crippen LogP contribution < -0.4 is 0 Å². The maximum atomic E-state index is 12.6. The molecule has 23 heavy (non-hydrogen) atoms. The van der Waals surface area contributed by atoms with Crippen LogP contribution in [-0.2, 0) is 0 Å². The molecule has 2 bridgehead atoms. The van der Waals surface area contributed by atoms with Crippen LogP contribution in [0.25, 0.3) is 11.3 Å². The van der Waals surface area contributed by atoms with Crippen molar-refractivity contribution < 1.29 is 9.21 Å². The number of fused-ring (bicyclic) bond motifs is 2. The molecular weight excluding hydrogens is 339 g/mol. The molecule has 0 aliphatic carbocycles. The Balaban J connectivity index is 0.000000960. The molecule has 0 aromatic carbocycles. The van der Waals surface area contributed by atoms with Crippen molar-refractivity contribution in [2.75, 3.05) is 26.2 Å². The highest BCUT2D eigenvalue weighted by Gasteiger charge is 2.36. The zero-order valence-electron chi connectivity index (χ0n) is 12.4. The van der Waals surface area contributed by atoms with Crippen molar-refractivity contribution in [1.82, 2.24) is 19.8 Å². The molecule has 6 nitrogen and oxygen atoms in total. The summed E-state index contributed by atoms with van der Waals surface area (Å²) in [7, 11) is 0. The van der Waals surface area contributed by atoms with E-state index in [2.05, 4.69) is 14.9 Å². The van der Waals surface area contributed by atoms with E-state index in [1.807, 2.05) is 17.0 Å². The molecule has 1 amide bonds. The molecule has 4 rings (SSSR count). The van der Waals surface area contributed by atoms with Gasteiger partial charge in [-0.2, -0.15) is 0 Å². The summed E-state index contributed by atoms with van der Waals surface area (Å²) in [6.45, 7) is 3.77. The molecule has 0 N–H and O–H groups in total. The molecule has 2 fully saturated rings. The van der Waals surface area contributed by atoms with Crippen molar-refractivity contribution in [2.45, 2.75) is 12.5 Å². The SMILES string of the molecule is Cl.Cl.O=C(c1ncc(-c2ccncc2)o1)N1CC[N@@]2CCC1C2. The Morgan fingerprint density at radius 1 is 1.17 bits per heavy atom. The van der Waals surface area contributed by atoms with Gasteiger partial charge in [-0.3, -0.25) is 14.7 Å². The smallest absolute Gasteiger partial charge is 0.310 e. The first-order valence-electron chi connectivity index (χ1n) is 7.21. The lowest BCUT2D eigenvalue weighted by molar-refractivity contribution is 0.0570. The molecule has 2 aromatic heterocycles. The molecule has 8 heteroatoms. The molecule has 2 aliphatic heterocycles. The fourth-order valence-electron chi connectivity index (χ4n) is 3.11. The Bertz CT molecular complexity index is 665. The summed E-state index contributed by atoms with van der Waals surface area (Å²) in [5.74, 6) is 0.690. The molecule has 2 aromatic rings. The van der Waals surface area contributed by atoms with E-state index in [1.54, 1.807) is 18.6 Å². The molecule has 2 saturated heterocycles. The number of hydrogen-bond donors (Lipinski definition) is 0. The van der Waals surface area contributed by atoms with Crippen LogP contribution in [0.2, 0.25) is 0 Å². The predicted octanol–water partition coefficient (Wildman–Crippen LogP) is 2.11. The van der Waals surface area contributed by atoms with E-state index in [9.17, 15) is 4.79 Å². The number of carbonyl (C=O) groups is 1. The molecule has 4 heterocycles. The molecule has 0 radical (unpaired) electrons. The number of piperazine rings is 1. The predicted molar refractivity (Wildman–Crippen MR) is 90.1 cm³/mol. The third-order valence-corrected chi connectivity index (χ3v) is 4.26. The van der Waals surface area contributed by atoms with Gasteiger partial charge in [0.2, 0.25) is 0 Å². The Labute approximate surface area is 146 Å². The van der Waals surface area contributed by atoms with Gasteiger partial charge in [-0.25, -0.2) is 4.98 Å². The number of hydrogen-bond acceptors (Lipinski definition) is 5. The number of carbonyl (C=O) groups excluding carboxylic acids is 1. The van der Waals surface area contributed by atoms with Crippen LogP contribution in [0.15, 0.2) is 35.1 Å². The van der Waals surface area contributed by atoms with Crippen molar-refractivity contribution in [3.05, 3.63) is 36.6 Å². The van der Waals surface area contributed by atoms with E-state index < -0.39 is 0 Å². The van der Waals surface area contributed by atoms with Crippen molar-refractivity contribution >= 4 is 30.7 Å². The number of amides is 1. The minimum absolute atomic E-state index is 0. The summed E-state index contributed by atoms with van der Waals surface area (Å²) in [4.78, 5) is 25.0. The van der Waals surface area contributed by atoms with Gasteiger partial charge in [0.15, 0.2) is 5.76 Å². The maximum Gasteiger partial charge on any atom is 0.310 e. The van der Waals surface area contributed by atoms with Crippen molar-refractivity contribution in [3.63, 3.8) is 0 Å². The van der Waals surface area contributed by atoms with Crippen LogP contribution in [-0.4, -0.2) is 57.9 Å². The van der Waals surface area contributed by atoms with Crippen LogP contribution in [0.5, 0.6) is 0 Å². The van der Waals surface area contributed by atoms with Crippen LogP contribution in [0.4, 0.5) is 0 Å². The van der Waals surface area contributed by atoms with E-state index in [-0.39, 0.29) is 36.6 Å². The van der Waals surface area contributed by atoms with Gasteiger partial charge in [0.1, 0.15) is 0 Å². The van der Waals surface area contributed by atoms with Crippen LogP contribution in [0, 0.1) is 0 Å². The van der Waals surface area contributed by atoms with Crippen LogP contribution in [0.3, 0.4) is 0 Å². The van der Waals surface area contributed by atoms with E-state index in [1.165, 1.54) is 0 Å². The second-order valence-electron chi connectivity index (χ2n) is 5.51. The first-order chi connectivity index (χ1) is 10.3. The summed E-state index contributed by atoms with van der Waals surface area (Å²) in [5, 5.41) is 0. The quantitative estimate of drug-likeness (QED) is 0.824. The van der Waals surface area contributed by atoms with E-state index in [4.69, 9.17) is 4.42 Å². The van der Waals surface area contributed by atoms with Gasteiger partial charge < -0.3 is 9.32 Å². The summed E-state index contributed by atoms with van der Waals surface area (Å²) < 4.78 is 5.65. The Morgan fingerprint density at radius 2 is 1.96 bits per heavy atom. The van der Waals surface area contributed by atoms with Gasteiger partial charge in [0.25, 0.3) is 5.89 Å². The number of nitrogens with zero attached hydrogens (tertiary/aromatic N) is 4. The Morgan fingerprint density at radius 3 is 2.74 bits per heavy atom. The highest BCUT2D eigenvalue weighted by atomic mass is 35.5. The molecular formula is C15H18Cl2N4O2. The summed E-state index contributed by atoms with van der Waals surface area (Å²) >= 11 is 0. The van der Waals surface area contributed by atoms with Gasteiger partial charge >= 0.3 is 5.91 Å². The molecule has 0 saturated carbocycles. The molecule has 2 atom stereocenters. The molecule has 1 unspecified atom stereocenters. The number of oxazole rings is 1. The van der Waals surface area contributed by atoms with Gasteiger partial charge in [-0.05, 0) is 18.6 Å². The zero-order valence-corrected chi connectivity index (χ0v) is 14.1. The average molecular weight is 357 g/mol. The van der Waals surface area contributed by atoms with E-state index in [0.29, 0.717) is 11.8 Å². The van der Waals surface area contributed by atoms with Gasteiger partial charge in [0, 0.05) is 50.2 Å². The lowest BCUT2D eigenvalue weighted by atomic mass is 10.2. The number of aromatic nitrogens is 2. The summed E-state index contributed by atoms with van der Waals surface area (Å²) in [5.41, 5.74) is 0.877. The Hall–Kier alpha value is -1.63. The maximum absolute atomic E-state index is 12.6. The van der Waals surface area contributed by atoms with Crippen LogP contribution in [0.1, 0.15) is 17.1 Å². The molecule has 2 aliphatic rings. The average Bonchev–Trinajstić information content (AvgIpc) is 3.15. The number of pyridine rings is 1. The van der Waals surface area contributed by atoms with Crippen molar-refractivity contribution in [2.24, 2.45) is 0 Å². The number of halogens is 2. The summed E-state index contributed by atoms with van der Waals surface area (Å²) in [6, 6.07) is 3.98. The fourth-order valence-corrected chi connectivity index (χ4v) is 3.11. The zero-order chi connectivity index (χ0) is 14.2. The second-order valence-corrected chi connectivity index (χ2v) is 5.51. The first kappa shape index (κ1) is 17.7. The van der Waals surface area contributed by atoms with E-state index >= 15 is 0 Å².